The minimum absolute atomic E-state index is 0.0975. The number of carbonyl (C=O) groups is 1. The summed E-state index contributed by atoms with van der Waals surface area (Å²) < 4.78 is 7.94. The number of thioether (sulfide) groups is 1. The molecule has 0 bridgehead atoms. The highest BCUT2D eigenvalue weighted by molar-refractivity contribution is 8.01. The van der Waals surface area contributed by atoms with E-state index in [2.05, 4.69) is 4.37 Å². The molecule has 0 aliphatic rings. The lowest BCUT2D eigenvalue weighted by molar-refractivity contribution is 0.0521. The third-order valence-electron chi connectivity index (χ3n) is 1.50. The number of H-pyrrole nitrogens is 1. The van der Waals surface area contributed by atoms with E-state index in [1.54, 1.807) is 6.92 Å². The van der Waals surface area contributed by atoms with Crippen LogP contribution in [0.15, 0.2) is 9.00 Å². The summed E-state index contributed by atoms with van der Waals surface area (Å²) in [5, 5.41) is 0. The van der Waals surface area contributed by atoms with Gasteiger partial charge in [-0.05, 0) is 6.92 Å². The Morgan fingerprint density at radius 1 is 1.67 bits per heavy atom. The van der Waals surface area contributed by atoms with Gasteiger partial charge in [0.25, 0.3) is 5.56 Å². The Labute approximate surface area is 95.2 Å². The molecule has 1 rings (SSSR count). The molecule has 0 aromatic carbocycles. The van der Waals surface area contributed by atoms with Gasteiger partial charge in [0.2, 0.25) is 0 Å². The van der Waals surface area contributed by atoms with Gasteiger partial charge in [0, 0.05) is 12.3 Å². The molecular weight excluding hydrogens is 236 g/mol. The van der Waals surface area contributed by atoms with Crippen LogP contribution < -0.4 is 11.3 Å². The third-order valence-corrected chi connectivity index (χ3v) is 3.68. The predicted octanol–water partition coefficient (Wildman–Crippen LogP) is 0.664. The Morgan fingerprint density at radius 3 is 3.00 bits per heavy atom. The predicted molar refractivity (Wildman–Crippen MR) is 60.7 cm³/mol. The standard InChI is InChI=1S/C8H12N2O3S2/c1-2-13-7(12)5-6(11)10-15-8(5)14-4-3-9/h2-4,9H2,1H3,(H,10,11). The lowest BCUT2D eigenvalue weighted by atomic mass is 10.4. The lowest BCUT2D eigenvalue weighted by Crippen LogP contribution is -2.16. The normalized spacial score (nSPS) is 10.3. The maximum absolute atomic E-state index is 11.4. The zero-order valence-corrected chi connectivity index (χ0v) is 9.87. The summed E-state index contributed by atoms with van der Waals surface area (Å²) in [5.41, 5.74) is 5.05. The van der Waals surface area contributed by atoms with Crippen LogP contribution in [0.25, 0.3) is 0 Å². The first-order chi connectivity index (χ1) is 7.20. The molecule has 5 nitrogen and oxygen atoms in total. The number of carbonyl (C=O) groups excluding carboxylic acids is 1. The molecule has 7 heteroatoms. The SMILES string of the molecule is CCOC(=O)c1c(SCCN)s[nH]c1=O. The summed E-state index contributed by atoms with van der Waals surface area (Å²) in [6, 6.07) is 0. The Balaban J connectivity index is 2.88. The van der Waals surface area contributed by atoms with E-state index < -0.39 is 11.5 Å². The Morgan fingerprint density at radius 2 is 2.40 bits per heavy atom. The fourth-order valence-electron chi connectivity index (χ4n) is 0.920. The van der Waals surface area contributed by atoms with Gasteiger partial charge in [-0.3, -0.25) is 9.17 Å². The first kappa shape index (κ1) is 12.3. The van der Waals surface area contributed by atoms with Crippen LogP contribution in [0, 0.1) is 0 Å². The van der Waals surface area contributed by atoms with Crippen LogP contribution >= 0.6 is 23.3 Å². The van der Waals surface area contributed by atoms with Crippen molar-refractivity contribution in [2.75, 3.05) is 18.9 Å². The molecule has 0 spiro atoms. The van der Waals surface area contributed by atoms with Crippen LogP contribution in [0.4, 0.5) is 0 Å². The molecule has 15 heavy (non-hydrogen) atoms. The zero-order chi connectivity index (χ0) is 11.3. The molecule has 0 amide bonds. The average Bonchev–Trinajstić information content (AvgIpc) is 2.57. The minimum Gasteiger partial charge on any atom is -0.462 e. The average molecular weight is 248 g/mol. The summed E-state index contributed by atoms with van der Waals surface area (Å²) >= 11 is 2.52. The molecule has 0 saturated heterocycles. The summed E-state index contributed by atoms with van der Waals surface area (Å²) in [7, 11) is 0. The van der Waals surface area contributed by atoms with Crippen molar-refractivity contribution >= 4 is 29.3 Å². The molecule has 0 aliphatic heterocycles. The smallest absolute Gasteiger partial charge is 0.345 e. The summed E-state index contributed by atoms with van der Waals surface area (Å²) in [6.45, 7) is 2.46. The second-order valence-electron chi connectivity index (χ2n) is 2.55. The molecule has 1 aromatic rings. The van der Waals surface area contributed by atoms with E-state index in [9.17, 15) is 9.59 Å². The van der Waals surface area contributed by atoms with Crippen molar-refractivity contribution < 1.29 is 9.53 Å². The fourth-order valence-corrected chi connectivity index (χ4v) is 2.72. The second-order valence-corrected chi connectivity index (χ2v) is 4.73. The van der Waals surface area contributed by atoms with Crippen LogP contribution in [-0.2, 0) is 4.74 Å². The van der Waals surface area contributed by atoms with Gasteiger partial charge < -0.3 is 10.5 Å². The van der Waals surface area contributed by atoms with Gasteiger partial charge in [-0.2, -0.15) is 0 Å². The number of rotatable bonds is 5. The van der Waals surface area contributed by atoms with Crippen molar-refractivity contribution in [2.45, 2.75) is 11.1 Å². The molecular formula is C8H12N2O3S2. The zero-order valence-electron chi connectivity index (χ0n) is 8.24. The topological polar surface area (TPSA) is 85.2 Å². The van der Waals surface area contributed by atoms with Crippen LogP contribution in [0.1, 0.15) is 17.3 Å². The van der Waals surface area contributed by atoms with Crippen molar-refractivity contribution in [3.63, 3.8) is 0 Å². The number of aromatic amines is 1. The number of aromatic nitrogens is 1. The number of ether oxygens (including phenoxy) is 1. The fraction of sp³-hybridized carbons (Fsp3) is 0.500. The van der Waals surface area contributed by atoms with Crippen molar-refractivity contribution in [2.24, 2.45) is 5.73 Å². The molecule has 0 fully saturated rings. The highest BCUT2D eigenvalue weighted by Crippen LogP contribution is 2.24. The van der Waals surface area contributed by atoms with Gasteiger partial charge in [0.05, 0.1) is 10.8 Å². The molecule has 0 atom stereocenters. The van der Waals surface area contributed by atoms with E-state index in [1.807, 2.05) is 0 Å². The highest BCUT2D eigenvalue weighted by Gasteiger charge is 2.19. The number of hydrogen-bond donors (Lipinski definition) is 2. The minimum atomic E-state index is -0.570. The maximum atomic E-state index is 11.4. The van der Waals surface area contributed by atoms with Crippen LogP contribution in [0.3, 0.4) is 0 Å². The van der Waals surface area contributed by atoms with E-state index in [0.29, 0.717) is 16.5 Å². The van der Waals surface area contributed by atoms with Gasteiger partial charge >= 0.3 is 5.97 Å². The molecule has 0 radical (unpaired) electrons. The molecule has 84 valence electrons. The van der Waals surface area contributed by atoms with Crippen LogP contribution in [-0.4, -0.2) is 29.2 Å². The third kappa shape index (κ3) is 3.08. The van der Waals surface area contributed by atoms with Crippen LogP contribution in [0.5, 0.6) is 0 Å². The monoisotopic (exact) mass is 248 g/mol. The van der Waals surface area contributed by atoms with Crippen molar-refractivity contribution in [1.29, 1.82) is 0 Å². The number of nitrogens with one attached hydrogen (secondary N) is 1. The first-order valence-electron chi connectivity index (χ1n) is 4.42. The van der Waals surface area contributed by atoms with E-state index in [1.165, 1.54) is 11.8 Å². The second kappa shape index (κ2) is 5.94. The summed E-state index contributed by atoms with van der Waals surface area (Å²) in [6.07, 6.45) is 0. The molecule has 0 aliphatic carbocycles. The lowest BCUT2D eigenvalue weighted by Gasteiger charge is -2.00. The molecule has 0 unspecified atom stereocenters. The van der Waals surface area contributed by atoms with Gasteiger partial charge in [-0.1, -0.05) is 11.5 Å². The van der Waals surface area contributed by atoms with E-state index >= 15 is 0 Å². The Kier molecular flexibility index (Phi) is 4.86. The molecule has 1 aromatic heterocycles. The molecule has 3 N–H and O–H groups in total. The maximum Gasteiger partial charge on any atom is 0.345 e. The van der Waals surface area contributed by atoms with Crippen LogP contribution in [0.2, 0.25) is 0 Å². The van der Waals surface area contributed by atoms with Crippen molar-refractivity contribution in [3.05, 3.63) is 15.9 Å². The van der Waals surface area contributed by atoms with Gasteiger partial charge in [0.15, 0.2) is 5.56 Å². The molecule has 0 saturated carbocycles. The Bertz CT molecular complexity index is 385. The van der Waals surface area contributed by atoms with E-state index in [0.717, 1.165) is 11.5 Å². The van der Waals surface area contributed by atoms with E-state index in [4.69, 9.17) is 10.5 Å². The van der Waals surface area contributed by atoms with Crippen molar-refractivity contribution in [1.82, 2.24) is 4.37 Å². The number of hydrogen-bond acceptors (Lipinski definition) is 6. The van der Waals surface area contributed by atoms with E-state index in [-0.39, 0.29) is 12.2 Å². The largest absolute Gasteiger partial charge is 0.462 e. The number of esters is 1. The van der Waals surface area contributed by atoms with Gasteiger partial charge in [0.1, 0.15) is 0 Å². The van der Waals surface area contributed by atoms with Gasteiger partial charge in [-0.15, -0.1) is 11.8 Å². The Hall–Kier alpha value is -0.790. The molecule has 1 heterocycles. The first-order valence-corrected chi connectivity index (χ1v) is 6.22. The summed E-state index contributed by atoms with van der Waals surface area (Å²) in [5.74, 6) is 0.0970. The highest BCUT2D eigenvalue weighted by atomic mass is 32.2. The van der Waals surface area contributed by atoms with Gasteiger partial charge in [-0.25, -0.2) is 4.79 Å². The van der Waals surface area contributed by atoms with Crippen molar-refractivity contribution in [3.8, 4) is 0 Å². The number of nitrogens with two attached hydrogens (primary N) is 1. The summed E-state index contributed by atoms with van der Waals surface area (Å²) in [4.78, 5) is 22.8. The quantitative estimate of drug-likeness (QED) is 0.590.